The van der Waals surface area contributed by atoms with Crippen LogP contribution in [-0.2, 0) is 20.8 Å². The smallest absolute Gasteiger partial charge is 0.247 e. The quantitative estimate of drug-likeness (QED) is 0.416. The van der Waals surface area contributed by atoms with Crippen molar-refractivity contribution >= 4 is 34.7 Å². The molecule has 2 atom stereocenters. The molecule has 0 unspecified atom stereocenters. The van der Waals surface area contributed by atoms with Crippen LogP contribution in [0.4, 0.5) is 0 Å². The van der Waals surface area contributed by atoms with Crippen LogP contribution >= 0.6 is 0 Å². The number of nitrogens with one attached hydrogen (secondary N) is 3. The van der Waals surface area contributed by atoms with E-state index in [1.807, 2.05) is 80.7 Å². The van der Waals surface area contributed by atoms with Gasteiger partial charge in [-0.1, -0.05) is 62.4 Å². The number of likely N-dealkylation sites (N-methyl/N-ethyl adjacent to an activating group) is 1. The molecule has 3 N–H and O–H groups in total. The van der Waals surface area contributed by atoms with Gasteiger partial charge < -0.3 is 20.5 Å². The van der Waals surface area contributed by atoms with Crippen molar-refractivity contribution in [1.82, 2.24) is 20.5 Å². The van der Waals surface area contributed by atoms with Gasteiger partial charge >= 0.3 is 0 Å². The zero-order chi connectivity index (χ0) is 25.4. The first-order chi connectivity index (χ1) is 16.8. The predicted octanol–water partition coefficient (Wildman–Crippen LogP) is 3.88. The van der Waals surface area contributed by atoms with E-state index in [0.717, 1.165) is 22.0 Å². The van der Waals surface area contributed by atoms with Gasteiger partial charge in [-0.25, -0.2) is 0 Å². The Morgan fingerprint density at radius 3 is 2.40 bits per heavy atom. The average molecular weight is 475 g/mol. The number of H-pyrrole nitrogens is 1. The summed E-state index contributed by atoms with van der Waals surface area (Å²) in [6.45, 7) is 5.38. The van der Waals surface area contributed by atoms with Crippen LogP contribution in [0.3, 0.4) is 0 Å². The Labute approximate surface area is 206 Å². The van der Waals surface area contributed by atoms with E-state index in [4.69, 9.17) is 0 Å². The van der Waals surface area contributed by atoms with Crippen LogP contribution in [0, 0.1) is 5.92 Å². The largest absolute Gasteiger partial charge is 0.361 e. The summed E-state index contributed by atoms with van der Waals surface area (Å²) in [6.07, 6.45) is 6.16. The number of para-hydroxylation sites is 1. The van der Waals surface area contributed by atoms with Crippen LogP contribution in [0.25, 0.3) is 17.0 Å². The molecule has 2 aromatic carbocycles. The van der Waals surface area contributed by atoms with Crippen molar-refractivity contribution in [2.75, 3.05) is 7.05 Å². The van der Waals surface area contributed by atoms with Crippen LogP contribution in [0.1, 0.15) is 38.3 Å². The standard InChI is InChI=1S/C28H34N4O3/c1-19(2)16-25(31-20(3)33)28(35)32(4)26(17-21-10-6-5-7-11-21)27(34)29-15-14-22-18-30-24-13-9-8-12-23(22)24/h5-15,18-19,25-26,30H,16-17H2,1-4H3,(H,29,34)(H,31,33)/b15-14+/t25-,26-/m0/s1. The van der Waals surface area contributed by atoms with Crippen molar-refractivity contribution in [1.29, 1.82) is 0 Å². The fourth-order valence-corrected chi connectivity index (χ4v) is 4.12. The number of aromatic amines is 1. The lowest BCUT2D eigenvalue weighted by molar-refractivity contribution is -0.141. The molecular formula is C28H34N4O3. The number of nitrogens with zero attached hydrogens (tertiary/aromatic N) is 1. The highest BCUT2D eigenvalue weighted by Crippen LogP contribution is 2.19. The SMILES string of the molecule is CC(=O)N[C@@H](CC(C)C)C(=O)N(C)[C@@H](Cc1ccccc1)C(=O)N/C=C/c1c[nH]c2ccccc12. The summed E-state index contributed by atoms with van der Waals surface area (Å²) in [5.41, 5.74) is 2.90. The molecule has 1 aromatic heterocycles. The first-order valence-corrected chi connectivity index (χ1v) is 11.9. The summed E-state index contributed by atoms with van der Waals surface area (Å²) in [7, 11) is 1.62. The van der Waals surface area contributed by atoms with Crippen LogP contribution in [-0.4, -0.2) is 46.7 Å². The van der Waals surface area contributed by atoms with Crippen LogP contribution in [0.2, 0.25) is 0 Å². The number of hydrogen-bond donors (Lipinski definition) is 3. The van der Waals surface area contributed by atoms with Gasteiger partial charge in [0.1, 0.15) is 12.1 Å². The monoisotopic (exact) mass is 474 g/mol. The van der Waals surface area contributed by atoms with Crippen molar-refractivity contribution < 1.29 is 14.4 Å². The number of hydrogen-bond acceptors (Lipinski definition) is 3. The van der Waals surface area contributed by atoms with Gasteiger partial charge in [-0.3, -0.25) is 14.4 Å². The first kappa shape index (κ1) is 25.7. The lowest BCUT2D eigenvalue weighted by Crippen LogP contribution is -2.54. The molecule has 0 spiro atoms. The molecule has 0 saturated carbocycles. The predicted molar refractivity (Wildman–Crippen MR) is 139 cm³/mol. The van der Waals surface area contributed by atoms with E-state index in [0.29, 0.717) is 12.8 Å². The maximum atomic E-state index is 13.4. The van der Waals surface area contributed by atoms with E-state index in [1.54, 1.807) is 13.2 Å². The second-order valence-corrected chi connectivity index (χ2v) is 9.17. The highest BCUT2D eigenvalue weighted by Gasteiger charge is 2.32. The van der Waals surface area contributed by atoms with Crippen LogP contribution < -0.4 is 10.6 Å². The van der Waals surface area contributed by atoms with E-state index in [9.17, 15) is 14.4 Å². The van der Waals surface area contributed by atoms with E-state index in [-0.39, 0.29) is 23.6 Å². The van der Waals surface area contributed by atoms with Gasteiger partial charge in [0.25, 0.3) is 0 Å². The summed E-state index contributed by atoms with van der Waals surface area (Å²) in [5, 5.41) is 6.65. The molecule has 184 valence electrons. The Morgan fingerprint density at radius 2 is 1.71 bits per heavy atom. The fraction of sp³-hybridized carbons (Fsp3) is 0.321. The van der Waals surface area contributed by atoms with Crippen LogP contribution in [0.15, 0.2) is 67.0 Å². The Balaban J connectivity index is 1.80. The van der Waals surface area contributed by atoms with Gasteiger partial charge in [-0.15, -0.1) is 0 Å². The zero-order valence-electron chi connectivity index (χ0n) is 20.7. The summed E-state index contributed by atoms with van der Waals surface area (Å²) >= 11 is 0. The normalized spacial score (nSPS) is 13.1. The second-order valence-electron chi connectivity index (χ2n) is 9.17. The number of rotatable bonds is 10. The number of carbonyl (C=O) groups is 3. The molecule has 3 amide bonds. The lowest BCUT2D eigenvalue weighted by atomic mass is 10.00. The number of benzene rings is 2. The molecule has 0 radical (unpaired) electrons. The van der Waals surface area contributed by atoms with E-state index in [1.165, 1.54) is 11.8 Å². The number of carbonyl (C=O) groups excluding carboxylic acids is 3. The van der Waals surface area contributed by atoms with E-state index in [2.05, 4.69) is 15.6 Å². The molecule has 3 rings (SSSR count). The third kappa shape index (κ3) is 7.06. The number of amides is 3. The van der Waals surface area contributed by atoms with Gasteiger partial charge in [0.2, 0.25) is 17.7 Å². The van der Waals surface area contributed by atoms with Gasteiger partial charge in [-0.2, -0.15) is 0 Å². The maximum Gasteiger partial charge on any atom is 0.247 e. The van der Waals surface area contributed by atoms with Gasteiger partial charge in [0.15, 0.2) is 0 Å². The summed E-state index contributed by atoms with van der Waals surface area (Å²) in [6, 6.07) is 16.1. The molecule has 7 heteroatoms. The van der Waals surface area contributed by atoms with Crippen molar-refractivity contribution in [3.63, 3.8) is 0 Å². The minimum Gasteiger partial charge on any atom is -0.361 e. The molecule has 0 aliphatic heterocycles. The highest BCUT2D eigenvalue weighted by molar-refractivity contribution is 5.93. The minimum atomic E-state index is -0.749. The highest BCUT2D eigenvalue weighted by atomic mass is 16.2. The Morgan fingerprint density at radius 1 is 1.03 bits per heavy atom. The first-order valence-electron chi connectivity index (χ1n) is 11.9. The zero-order valence-corrected chi connectivity index (χ0v) is 20.7. The number of fused-ring (bicyclic) bond motifs is 1. The van der Waals surface area contributed by atoms with Crippen molar-refractivity contribution in [2.45, 2.75) is 45.7 Å². The topological polar surface area (TPSA) is 94.3 Å². The summed E-state index contributed by atoms with van der Waals surface area (Å²) in [4.78, 5) is 43.1. The molecule has 0 aliphatic rings. The average Bonchev–Trinajstić information content (AvgIpc) is 3.24. The molecule has 35 heavy (non-hydrogen) atoms. The fourth-order valence-electron chi connectivity index (χ4n) is 4.12. The maximum absolute atomic E-state index is 13.4. The Kier molecular flexibility index (Phi) is 8.84. The molecular weight excluding hydrogens is 440 g/mol. The second kappa shape index (κ2) is 12.0. The van der Waals surface area contributed by atoms with Gasteiger partial charge in [0, 0.05) is 49.3 Å². The molecule has 0 fully saturated rings. The molecule has 7 nitrogen and oxygen atoms in total. The molecule has 0 saturated heterocycles. The summed E-state index contributed by atoms with van der Waals surface area (Å²) < 4.78 is 0. The summed E-state index contributed by atoms with van der Waals surface area (Å²) in [5.74, 6) is -0.662. The Hall–Kier alpha value is -3.87. The van der Waals surface area contributed by atoms with Gasteiger partial charge in [-0.05, 0) is 30.0 Å². The Bertz CT molecular complexity index is 1180. The van der Waals surface area contributed by atoms with E-state index < -0.39 is 12.1 Å². The molecule has 0 aliphatic carbocycles. The molecule has 0 bridgehead atoms. The van der Waals surface area contributed by atoms with Crippen molar-refractivity contribution in [3.8, 4) is 0 Å². The molecule has 1 heterocycles. The van der Waals surface area contributed by atoms with Gasteiger partial charge in [0.05, 0.1) is 0 Å². The third-order valence-electron chi connectivity index (χ3n) is 5.88. The van der Waals surface area contributed by atoms with E-state index >= 15 is 0 Å². The van der Waals surface area contributed by atoms with Crippen molar-refractivity contribution in [2.24, 2.45) is 5.92 Å². The van der Waals surface area contributed by atoms with Crippen LogP contribution in [0.5, 0.6) is 0 Å². The minimum absolute atomic E-state index is 0.199. The molecule has 3 aromatic rings. The number of aromatic nitrogens is 1. The lowest BCUT2D eigenvalue weighted by Gasteiger charge is -2.31. The third-order valence-corrected chi connectivity index (χ3v) is 5.88. The van der Waals surface area contributed by atoms with Crippen molar-refractivity contribution in [3.05, 3.63) is 78.1 Å².